The van der Waals surface area contributed by atoms with Crippen LogP contribution in [-0.2, 0) is 19.1 Å². The summed E-state index contributed by atoms with van der Waals surface area (Å²) in [6, 6.07) is 0. The highest BCUT2D eigenvalue weighted by Crippen LogP contribution is 2.08. The Kier molecular flexibility index (Phi) is 7.11. The summed E-state index contributed by atoms with van der Waals surface area (Å²) in [7, 11) is 0. The fraction of sp³-hybridized carbons (Fsp3) is 0.417. The van der Waals surface area contributed by atoms with Gasteiger partial charge >= 0.3 is 17.9 Å². The van der Waals surface area contributed by atoms with Gasteiger partial charge in [-0.15, -0.1) is 0 Å². The van der Waals surface area contributed by atoms with E-state index in [9.17, 15) is 14.4 Å². The van der Waals surface area contributed by atoms with E-state index >= 15 is 0 Å². The number of hydrogen-bond donors (Lipinski definition) is 2. The highest BCUT2D eigenvalue weighted by molar-refractivity contribution is 5.94. The number of carboxylic acids is 2. The SMILES string of the molecule is C=C(C)C(=O)OCCCCC(=CC(=O)O)C(=O)O. The molecular formula is C12H16O6. The van der Waals surface area contributed by atoms with Gasteiger partial charge < -0.3 is 14.9 Å². The lowest BCUT2D eigenvalue weighted by atomic mass is 10.1. The van der Waals surface area contributed by atoms with Crippen LogP contribution < -0.4 is 0 Å². The van der Waals surface area contributed by atoms with Gasteiger partial charge in [0.05, 0.1) is 6.61 Å². The molecule has 0 fully saturated rings. The molecule has 0 aliphatic carbocycles. The van der Waals surface area contributed by atoms with Crippen molar-refractivity contribution in [3.63, 3.8) is 0 Å². The van der Waals surface area contributed by atoms with Crippen molar-refractivity contribution in [2.45, 2.75) is 26.2 Å². The Hall–Kier alpha value is -2.11. The summed E-state index contributed by atoms with van der Waals surface area (Å²) in [5.41, 5.74) is 0.126. The van der Waals surface area contributed by atoms with Crippen LogP contribution in [-0.4, -0.2) is 34.7 Å². The molecule has 0 heterocycles. The second kappa shape index (κ2) is 8.05. The van der Waals surface area contributed by atoms with Crippen molar-refractivity contribution in [1.82, 2.24) is 0 Å². The molecule has 100 valence electrons. The molecule has 6 nitrogen and oxygen atoms in total. The number of carboxylic acid groups (broad SMARTS) is 2. The Morgan fingerprint density at radius 2 is 1.83 bits per heavy atom. The Morgan fingerprint density at radius 3 is 2.28 bits per heavy atom. The van der Waals surface area contributed by atoms with Crippen molar-refractivity contribution in [3.8, 4) is 0 Å². The minimum Gasteiger partial charge on any atom is -0.478 e. The molecular weight excluding hydrogens is 240 g/mol. The summed E-state index contributed by atoms with van der Waals surface area (Å²) >= 11 is 0. The third-order valence-electron chi connectivity index (χ3n) is 1.99. The van der Waals surface area contributed by atoms with E-state index in [2.05, 4.69) is 6.58 Å². The monoisotopic (exact) mass is 256 g/mol. The number of hydrogen-bond acceptors (Lipinski definition) is 4. The van der Waals surface area contributed by atoms with Gasteiger partial charge in [-0.3, -0.25) is 0 Å². The van der Waals surface area contributed by atoms with Gasteiger partial charge in [0.1, 0.15) is 0 Å². The minimum atomic E-state index is -1.29. The summed E-state index contributed by atoms with van der Waals surface area (Å²) in [6.45, 7) is 5.10. The van der Waals surface area contributed by atoms with Gasteiger partial charge in [-0.25, -0.2) is 14.4 Å². The van der Waals surface area contributed by atoms with E-state index in [1.165, 1.54) is 6.92 Å². The molecule has 0 aromatic heterocycles. The normalized spacial score (nSPS) is 10.8. The van der Waals surface area contributed by atoms with Crippen LogP contribution in [0.1, 0.15) is 26.2 Å². The molecule has 0 saturated heterocycles. The lowest BCUT2D eigenvalue weighted by Crippen LogP contribution is -2.07. The number of ether oxygens (including phenoxy) is 1. The first-order valence-corrected chi connectivity index (χ1v) is 5.34. The predicted molar refractivity (Wildman–Crippen MR) is 63.0 cm³/mol. The van der Waals surface area contributed by atoms with Crippen LogP contribution >= 0.6 is 0 Å². The van der Waals surface area contributed by atoms with E-state index in [0.717, 1.165) is 0 Å². The third-order valence-corrected chi connectivity index (χ3v) is 1.99. The first-order valence-electron chi connectivity index (χ1n) is 5.34. The smallest absolute Gasteiger partial charge is 0.333 e. The molecule has 0 rings (SSSR count). The lowest BCUT2D eigenvalue weighted by molar-refractivity contribution is -0.139. The van der Waals surface area contributed by atoms with Crippen LogP contribution in [0.5, 0.6) is 0 Å². The Balaban J connectivity index is 3.96. The van der Waals surface area contributed by atoms with E-state index in [1.54, 1.807) is 0 Å². The zero-order valence-electron chi connectivity index (χ0n) is 10.1. The van der Waals surface area contributed by atoms with Crippen LogP contribution in [0.2, 0.25) is 0 Å². The van der Waals surface area contributed by atoms with Gasteiger partial charge in [0.15, 0.2) is 0 Å². The maximum atomic E-state index is 11.0. The van der Waals surface area contributed by atoms with E-state index in [0.29, 0.717) is 24.5 Å². The van der Waals surface area contributed by atoms with Crippen molar-refractivity contribution in [3.05, 3.63) is 23.8 Å². The standard InChI is InChI=1S/C12H16O6/c1-8(2)12(17)18-6-4-3-5-9(11(15)16)7-10(13)14/h7H,1,3-6H2,2H3,(H,13,14)(H,15,16). The molecule has 0 aliphatic heterocycles. The number of rotatable bonds is 8. The second-order valence-electron chi connectivity index (χ2n) is 3.69. The third kappa shape index (κ3) is 7.21. The highest BCUT2D eigenvalue weighted by atomic mass is 16.5. The molecule has 0 aliphatic rings. The zero-order chi connectivity index (χ0) is 14.1. The summed E-state index contributed by atoms with van der Waals surface area (Å²) < 4.78 is 4.81. The van der Waals surface area contributed by atoms with Crippen molar-refractivity contribution in [1.29, 1.82) is 0 Å². The molecule has 6 heteroatoms. The van der Waals surface area contributed by atoms with Crippen LogP contribution in [0.3, 0.4) is 0 Å². The predicted octanol–water partition coefficient (Wildman–Crippen LogP) is 1.37. The Labute approximate surface area is 105 Å². The summed E-state index contributed by atoms with van der Waals surface area (Å²) in [6.07, 6.45) is 1.67. The number of carbonyl (C=O) groups excluding carboxylic acids is 1. The van der Waals surface area contributed by atoms with E-state index in [-0.39, 0.29) is 18.6 Å². The van der Waals surface area contributed by atoms with Gasteiger partial charge in [-0.05, 0) is 26.2 Å². The summed E-state index contributed by atoms with van der Waals surface area (Å²) in [4.78, 5) is 32.0. The lowest BCUT2D eigenvalue weighted by Gasteiger charge is -2.04. The fourth-order valence-electron chi connectivity index (χ4n) is 1.10. The molecule has 0 spiro atoms. The largest absolute Gasteiger partial charge is 0.478 e. The summed E-state index contributed by atoms with van der Waals surface area (Å²) in [5.74, 6) is -3.04. The maximum Gasteiger partial charge on any atom is 0.333 e. The van der Waals surface area contributed by atoms with Crippen molar-refractivity contribution in [2.75, 3.05) is 6.61 Å². The fourth-order valence-corrected chi connectivity index (χ4v) is 1.10. The van der Waals surface area contributed by atoms with Crippen molar-refractivity contribution < 1.29 is 29.3 Å². The molecule has 2 N–H and O–H groups in total. The van der Waals surface area contributed by atoms with E-state index < -0.39 is 17.9 Å². The molecule has 0 saturated carbocycles. The molecule has 0 bridgehead atoms. The number of unbranched alkanes of at least 4 members (excludes halogenated alkanes) is 1. The zero-order valence-corrected chi connectivity index (χ0v) is 10.1. The average Bonchev–Trinajstić information content (AvgIpc) is 2.25. The molecule has 18 heavy (non-hydrogen) atoms. The van der Waals surface area contributed by atoms with Gasteiger partial charge in [0.2, 0.25) is 0 Å². The van der Waals surface area contributed by atoms with Crippen LogP contribution in [0.15, 0.2) is 23.8 Å². The molecule has 0 amide bonds. The Bertz CT molecular complexity index is 380. The maximum absolute atomic E-state index is 11.0. The highest BCUT2D eigenvalue weighted by Gasteiger charge is 2.09. The first-order chi connectivity index (χ1) is 8.34. The van der Waals surface area contributed by atoms with Crippen molar-refractivity contribution >= 4 is 17.9 Å². The number of carbonyl (C=O) groups is 3. The number of aliphatic carboxylic acids is 2. The molecule has 0 atom stereocenters. The summed E-state index contributed by atoms with van der Waals surface area (Å²) in [5, 5.41) is 17.2. The van der Waals surface area contributed by atoms with Gasteiger partial charge in [0, 0.05) is 17.2 Å². The minimum absolute atomic E-state index is 0.117. The first kappa shape index (κ1) is 15.9. The van der Waals surface area contributed by atoms with Crippen LogP contribution in [0, 0.1) is 0 Å². The van der Waals surface area contributed by atoms with Gasteiger partial charge in [-0.2, -0.15) is 0 Å². The topological polar surface area (TPSA) is 101 Å². The van der Waals surface area contributed by atoms with E-state index in [4.69, 9.17) is 14.9 Å². The molecule has 0 aromatic rings. The van der Waals surface area contributed by atoms with Crippen LogP contribution in [0.25, 0.3) is 0 Å². The Morgan fingerprint density at radius 1 is 1.22 bits per heavy atom. The average molecular weight is 256 g/mol. The molecule has 0 aromatic carbocycles. The van der Waals surface area contributed by atoms with Crippen molar-refractivity contribution in [2.24, 2.45) is 0 Å². The number of esters is 1. The van der Waals surface area contributed by atoms with E-state index in [1.807, 2.05) is 0 Å². The second-order valence-corrected chi connectivity index (χ2v) is 3.69. The van der Waals surface area contributed by atoms with Gasteiger partial charge in [0.25, 0.3) is 0 Å². The van der Waals surface area contributed by atoms with Gasteiger partial charge in [-0.1, -0.05) is 6.58 Å². The molecule has 0 radical (unpaired) electrons. The molecule has 0 unspecified atom stereocenters. The van der Waals surface area contributed by atoms with Crippen LogP contribution in [0.4, 0.5) is 0 Å². The quantitative estimate of drug-likeness (QED) is 0.386.